The van der Waals surface area contributed by atoms with Crippen molar-refractivity contribution in [2.24, 2.45) is 0 Å². The number of benzene rings is 1. The quantitative estimate of drug-likeness (QED) is 0.797. The Balaban J connectivity index is 2.76. The van der Waals surface area contributed by atoms with Gasteiger partial charge in [0.1, 0.15) is 6.04 Å². The minimum Gasteiger partial charge on any atom is -0.374 e. The Morgan fingerprint density at radius 1 is 1.35 bits per heavy atom. The van der Waals surface area contributed by atoms with Crippen molar-refractivity contribution in [1.29, 1.82) is 0 Å². The third-order valence-corrected chi connectivity index (χ3v) is 3.66. The van der Waals surface area contributed by atoms with Crippen molar-refractivity contribution in [3.63, 3.8) is 0 Å². The van der Waals surface area contributed by atoms with Crippen LogP contribution < -0.4 is 10.6 Å². The first-order valence-electron chi connectivity index (χ1n) is 6.39. The molecule has 1 rings (SSSR count). The lowest BCUT2D eigenvalue weighted by atomic mass is 10.0. The van der Waals surface area contributed by atoms with Crippen molar-refractivity contribution in [3.8, 4) is 0 Å². The number of nitrogens with one attached hydrogen (secondary N) is 2. The van der Waals surface area contributed by atoms with E-state index in [4.69, 9.17) is 23.2 Å². The zero-order valence-corrected chi connectivity index (χ0v) is 13.5. The molecule has 6 heteroatoms. The molecule has 1 unspecified atom stereocenters. The van der Waals surface area contributed by atoms with Gasteiger partial charge in [0.15, 0.2) is 5.82 Å². The molecule has 0 spiro atoms. The van der Waals surface area contributed by atoms with E-state index in [0.29, 0.717) is 5.69 Å². The minimum absolute atomic E-state index is 0.0819. The number of amides is 1. The van der Waals surface area contributed by atoms with Crippen molar-refractivity contribution in [2.45, 2.75) is 45.7 Å². The van der Waals surface area contributed by atoms with E-state index >= 15 is 0 Å². The van der Waals surface area contributed by atoms with E-state index in [9.17, 15) is 9.18 Å². The highest BCUT2D eigenvalue weighted by Gasteiger charge is 2.22. The van der Waals surface area contributed by atoms with Gasteiger partial charge in [-0.2, -0.15) is 0 Å². The van der Waals surface area contributed by atoms with Crippen LogP contribution in [0.5, 0.6) is 0 Å². The van der Waals surface area contributed by atoms with Gasteiger partial charge in [0.05, 0.1) is 10.0 Å². The van der Waals surface area contributed by atoms with Gasteiger partial charge < -0.3 is 10.6 Å². The summed E-state index contributed by atoms with van der Waals surface area (Å²) in [6.07, 6.45) is 0.819. The molecule has 0 aliphatic heterocycles. The van der Waals surface area contributed by atoms with E-state index < -0.39 is 11.9 Å². The predicted molar refractivity (Wildman–Crippen MR) is 82.0 cm³/mol. The Hall–Kier alpha value is -1.00. The van der Waals surface area contributed by atoms with Crippen LogP contribution in [0.1, 0.15) is 34.1 Å². The molecule has 0 heterocycles. The average Bonchev–Trinajstić information content (AvgIpc) is 2.35. The molecule has 0 fully saturated rings. The lowest BCUT2D eigenvalue weighted by molar-refractivity contribution is -0.123. The van der Waals surface area contributed by atoms with Gasteiger partial charge in [-0.15, -0.1) is 0 Å². The highest BCUT2D eigenvalue weighted by Crippen LogP contribution is 2.27. The molecule has 1 atom stereocenters. The predicted octanol–water partition coefficient (Wildman–Crippen LogP) is 4.24. The molecule has 0 aromatic heterocycles. The van der Waals surface area contributed by atoms with Crippen LogP contribution >= 0.6 is 23.2 Å². The molecule has 2 N–H and O–H groups in total. The molecule has 112 valence electrons. The molecule has 1 amide bonds. The maximum atomic E-state index is 13.3. The minimum atomic E-state index is -0.664. The van der Waals surface area contributed by atoms with Crippen LogP contribution in [0.3, 0.4) is 0 Å². The second-order valence-corrected chi connectivity index (χ2v) is 6.16. The summed E-state index contributed by atoms with van der Waals surface area (Å²) in [7, 11) is 0. The lowest BCUT2D eigenvalue weighted by Gasteiger charge is -2.27. The fraction of sp³-hybridized carbons (Fsp3) is 0.500. The van der Waals surface area contributed by atoms with E-state index in [1.807, 2.05) is 20.8 Å². The average molecular weight is 321 g/mol. The fourth-order valence-corrected chi connectivity index (χ4v) is 1.97. The number of anilines is 1. The normalized spacial score (nSPS) is 12.9. The van der Waals surface area contributed by atoms with Gasteiger partial charge in [0, 0.05) is 11.2 Å². The van der Waals surface area contributed by atoms with Gasteiger partial charge in [-0.25, -0.2) is 4.39 Å². The van der Waals surface area contributed by atoms with Crippen LogP contribution in [0, 0.1) is 5.82 Å². The van der Waals surface area contributed by atoms with Crippen LogP contribution in [0.15, 0.2) is 12.1 Å². The summed E-state index contributed by atoms with van der Waals surface area (Å²) in [5.74, 6) is -0.809. The molecule has 3 nitrogen and oxygen atoms in total. The Kier molecular flexibility index (Phi) is 5.66. The smallest absolute Gasteiger partial charge is 0.242 e. The Morgan fingerprint density at radius 2 is 1.85 bits per heavy atom. The third-order valence-electron chi connectivity index (χ3n) is 3.11. The summed E-state index contributed by atoms with van der Waals surface area (Å²) in [6.45, 7) is 7.61. The van der Waals surface area contributed by atoms with Gasteiger partial charge in [-0.05, 0) is 39.3 Å². The first-order chi connectivity index (χ1) is 9.16. The molecule has 0 aliphatic carbocycles. The van der Waals surface area contributed by atoms with E-state index in [-0.39, 0.29) is 21.5 Å². The zero-order chi connectivity index (χ0) is 15.5. The summed E-state index contributed by atoms with van der Waals surface area (Å²) in [4.78, 5) is 12.0. The number of carbonyl (C=O) groups excluding carboxylic acids is 1. The molecule has 0 aliphatic rings. The molecular weight excluding hydrogens is 302 g/mol. The number of hydrogen-bond donors (Lipinski definition) is 2. The molecule has 20 heavy (non-hydrogen) atoms. The number of rotatable bonds is 5. The third kappa shape index (κ3) is 4.53. The largest absolute Gasteiger partial charge is 0.374 e. The van der Waals surface area contributed by atoms with Crippen LogP contribution in [0.2, 0.25) is 10.0 Å². The molecule has 1 aromatic carbocycles. The zero-order valence-electron chi connectivity index (χ0n) is 12.0. The maximum absolute atomic E-state index is 13.3. The SMILES string of the molecule is CCC(C)(C)NC(=O)C(C)Nc1cc(Cl)c(F)c(Cl)c1. The monoisotopic (exact) mass is 320 g/mol. The molecule has 0 saturated heterocycles. The van der Waals surface area contributed by atoms with Crippen molar-refractivity contribution in [2.75, 3.05) is 5.32 Å². The molecule has 0 bridgehead atoms. The topological polar surface area (TPSA) is 41.1 Å². The van der Waals surface area contributed by atoms with E-state index in [1.54, 1.807) is 6.92 Å². The first kappa shape index (κ1) is 17.1. The summed E-state index contributed by atoms with van der Waals surface area (Å²) >= 11 is 11.4. The molecule has 1 aromatic rings. The summed E-state index contributed by atoms with van der Waals surface area (Å²) in [5, 5.41) is 5.71. The Morgan fingerprint density at radius 3 is 2.30 bits per heavy atom. The van der Waals surface area contributed by atoms with E-state index in [1.165, 1.54) is 12.1 Å². The van der Waals surface area contributed by atoms with Crippen LogP contribution in [0.25, 0.3) is 0 Å². The van der Waals surface area contributed by atoms with Gasteiger partial charge in [0.2, 0.25) is 5.91 Å². The van der Waals surface area contributed by atoms with Gasteiger partial charge in [-0.3, -0.25) is 4.79 Å². The number of hydrogen-bond acceptors (Lipinski definition) is 2. The van der Waals surface area contributed by atoms with Crippen molar-refractivity contribution in [3.05, 3.63) is 28.0 Å². The maximum Gasteiger partial charge on any atom is 0.242 e. The molecule has 0 radical (unpaired) electrons. The first-order valence-corrected chi connectivity index (χ1v) is 7.15. The van der Waals surface area contributed by atoms with Crippen LogP contribution in [-0.2, 0) is 4.79 Å². The van der Waals surface area contributed by atoms with Gasteiger partial charge >= 0.3 is 0 Å². The van der Waals surface area contributed by atoms with Gasteiger partial charge in [0.25, 0.3) is 0 Å². The Labute approximate surface area is 128 Å². The summed E-state index contributed by atoms with van der Waals surface area (Å²) in [5.41, 5.74) is 0.226. The number of carbonyl (C=O) groups is 1. The van der Waals surface area contributed by atoms with Crippen molar-refractivity contribution < 1.29 is 9.18 Å². The highest BCUT2D eigenvalue weighted by molar-refractivity contribution is 6.35. The Bertz CT molecular complexity index is 483. The second-order valence-electron chi connectivity index (χ2n) is 5.35. The molecule has 0 saturated carbocycles. The summed E-state index contributed by atoms with van der Waals surface area (Å²) in [6, 6.07) is 2.31. The van der Waals surface area contributed by atoms with Gasteiger partial charge in [-0.1, -0.05) is 30.1 Å². The van der Waals surface area contributed by atoms with Crippen LogP contribution in [0.4, 0.5) is 10.1 Å². The molecular formula is C14H19Cl2FN2O. The van der Waals surface area contributed by atoms with Crippen LogP contribution in [-0.4, -0.2) is 17.5 Å². The highest BCUT2D eigenvalue weighted by atomic mass is 35.5. The number of halogens is 3. The van der Waals surface area contributed by atoms with Crippen molar-refractivity contribution in [1.82, 2.24) is 5.32 Å². The van der Waals surface area contributed by atoms with Crippen molar-refractivity contribution >= 4 is 34.8 Å². The van der Waals surface area contributed by atoms with E-state index in [2.05, 4.69) is 10.6 Å². The lowest BCUT2D eigenvalue weighted by Crippen LogP contribution is -2.48. The summed E-state index contributed by atoms with van der Waals surface area (Å²) < 4.78 is 13.3. The second kappa shape index (κ2) is 6.64. The standard InChI is InChI=1S/C14H19Cl2FN2O/c1-5-14(3,4)19-13(20)8(2)18-9-6-10(15)12(17)11(16)7-9/h6-8,18H,5H2,1-4H3,(H,19,20). The fourth-order valence-electron chi connectivity index (χ4n) is 1.48. The van der Waals surface area contributed by atoms with E-state index in [0.717, 1.165) is 6.42 Å².